The molecule has 0 amide bonds. The van der Waals surface area contributed by atoms with E-state index in [9.17, 15) is 18.7 Å². The first kappa shape index (κ1) is 14.8. The minimum absolute atomic E-state index is 0.220. The quantitative estimate of drug-likeness (QED) is 0.939. The predicted octanol–water partition coefficient (Wildman–Crippen LogP) is 2.43. The van der Waals surface area contributed by atoms with Crippen molar-refractivity contribution >= 4 is 22.4 Å². The molecule has 1 aliphatic heterocycles. The number of aryl methyl sites for hydroxylation is 1. The maximum Gasteiger partial charge on any atom is 0.308 e. The Morgan fingerprint density at radius 2 is 2.14 bits per heavy atom. The number of carboxylic acids is 1. The van der Waals surface area contributed by atoms with Crippen molar-refractivity contribution in [3.05, 3.63) is 40.4 Å². The van der Waals surface area contributed by atoms with Gasteiger partial charge in [-0.05, 0) is 18.6 Å². The van der Waals surface area contributed by atoms with Crippen LogP contribution in [0.2, 0.25) is 0 Å². The van der Waals surface area contributed by atoms with Gasteiger partial charge in [-0.1, -0.05) is 17.4 Å². The van der Waals surface area contributed by atoms with Gasteiger partial charge in [0.25, 0.3) is 0 Å². The number of rotatable bonds is 3. The van der Waals surface area contributed by atoms with Gasteiger partial charge in [-0.25, -0.2) is 8.78 Å². The molecule has 1 aromatic heterocycles. The molecular formula is C14H13F2N3O2S. The topological polar surface area (TPSA) is 66.3 Å². The first-order valence-corrected chi connectivity index (χ1v) is 7.50. The lowest BCUT2D eigenvalue weighted by molar-refractivity contribution is -0.141. The fraction of sp³-hybridized carbons (Fsp3) is 0.357. The van der Waals surface area contributed by atoms with E-state index in [-0.39, 0.29) is 12.1 Å². The van der Waals surface area contributed by atoms with Gasteiger partial charge in [0.2, 0.25) is 5.13 Å². The second-order valence-electron chi connectivity index (χ2n) is 5.23. The Balaban J connectivity index is 1.93. The normalized spacial score (nSPS) is 21.3. The lowest BCUT2D eigenvalue weighted by atomic mass is 9.88. The first-order chi connectivity index (χ1) is 10.5. The van der Waals surface area contributed by atoms with Crippen LogP contribution in [0.25, 0.3) is 0 Å². The zero-order chi connectivity index (χ0) is 15.9. The smallest absolute Gasteiger partial charge is 0.308 e. The van der Waals surface area contributed by atoms with Crippen molar-refractivity contribution in [1.29, 1.82) is 0 Å². The Kier molecular flexibility index (Phi) is 3.78. The molecule has 116 valence electrons. The van der Waals surface area contributed by atoms with E-state index >= 15 is 0 Å². The largest absolute Gasteiger partial charge is 0.481 e. The Hall–Kier alpha value is -2.09. The molecule has 0 radical (unpaired) electrons. The monoisotopic (exact) mass is 325 g/mol. The Labute approximate surface area is 129 Å². The average molecular weight is 325 g/mol. The number of carboxylic acid groups (broad SMARTS) is 1. The van der Waals surface area contributed by atoms with Crippen molar-refractivity contribution in [2.45, 2.75) is 12.8 Å². The van der Waals surface area contributed by atoms with Crippen molar-refractivity contribution in [1.82, 2.24) is 10.2 Å². The van der Waals surface area contributed by atoms with Gasteiger partial charge < -0.3 is 10.0 Å². The van der Waals surface area contributed by atoms with Gasteiger partial charge in [-0.15, -0.1) is 10.2 Å². The Morgan fingerprint density at radius 1 is 1.36 bits per heavy atom. The van der Waals surface area contributed by atoms with Crippen molar-refractivity contribution in [2.24, 2.45) is 5.92 Å². The molecule has 0 unspecified atom stereocenters. The van der Waals surface area contributed by atoms with Crippen molar-refractivity contribution in [2.75, 3.05) is 18.0 Å². The molecule has 0 saturated carbocycles. The molecular weight excluding hydrogens is 312 g/mol. The highest BCUT2D eigenvalue weighted by Crippen LogP contribution is 2.37. The summed E-state index contributed by atoms with van der Waals surface area (Å²) in [6.07, 6.45) is 0. The molecule has 8 heteroatoms. The van der Waals surface area contributed by atoms with Crippen LogP contribution < -0.4 is 4.90 Å². The molecule has 1 fully saturated rings. The van der Waals surface area contributed by atoms with E-state index in [1.54, 1.807) is 4.90 Å². The van der Waals surface area contributed by atoms with E-state index in [0.717, 1.165) is 17.1 Å². The fourth-order valence-electron chi connectivity index (χ4n) is 2.74. The SMILES string of the molecule is Cc1nnc(N2C[C@H](C(=O)O)[C@@H](c3ccc(F)cc3F)C2)s1. The van der Waals surface area contributed by atoms with Gasteiger partial charge in [-0.2, -0.15) is 0 Å². The van der Waals surface area contributed by atoms with Gasteiger partial charge in [0.05, 0.1) is 5.92 Å². The van der Waals surface area contributed by atoms with E-state index in [2.05, 4.69) is 10.2 Å². The van der Waals surface area contributed by atoms with E-state index in [4.69, 9.17) is 0 Å². The van der Waals surface area contributed by atoms with Gasteiger partial charge in [0.1, 0.15) is 16.6 Å². The maximum absolute atomic E-state index is 14.0. The molecule has 2 atom stereocenters. The summed E-state index contributed by atoms with van der Waals surface area (Å²) < 4.78 is 27.0. The molecule has 22 heavy (non-hydrogen) atoms. The minimum atomic E-state index is -1.00. The molecule has 2 heterocycles. The molecule has 1 aromatic carbocycles. The Morgan fingerprint density at radius 3 is 2.73 bits per heavy atom. The highest BCUT2D eigenvalue weighted by Gasteiger charge is 2.40. The van der Waals surface area contributed by atoms with Crippen LogP contribution in [-0.2, 0) is 4.79 Å². The van der Waals surface area contributed by atoms with Crippen molar-refractivity contribution in [3.8, 4) is 0 Å². The van der Waals surface area contributed by atoms with Crippen LogP contribution >= 0.6 is 11.3 Å². The second kappa shape index (κ2) is 5.60. The third-order valence-electron chi connectivity index (χ3n) is 3.78. The van der Waals surface area contributed by atoms with E-state index in [0.29, 0.717) is 11.7 Å². The number of hydrogen-bond donors (Lipinski definition) is 1. The molecule has 5 nitrogen and oxygen atoms in total. The van der Waals surface area contributed by atoms with Crippen LogP contribution in [0.15, 0.2) is 18.2 Å². The highest BCUT2D eigenvalue weighted by molar-refractivity contribution is 7.15. The lowest BCUT2D eigenvalue weighted by Gasteiger charge is -2.15. The van der Waals surface area contributed by atoms with Crippen molar-refractivity contribution < 1.29 is 18.7 Å². The van der Waals surface area contributed by atoms with Crippen LogP contribution in [0.4, 0.5) is 13.9 Å². The van der Waals surface area contributed by atoms with Gasteiger partial charge in [-0.3, -0.25) is 4.79 Å². The van der Waals surface area contributed by atoms with Gasteiger partial charge in [0, 0.05) is 25.1 Å². The highest BCUT2D eigenvalue weighted by atomic mass is 32.1. The van der Waals surface area contributed by atoms with Crippen LogP contribution in [0.3, 0.4) is 0 Å². The van der Waals surface area contributed by atoms with E-state index < -0.39 is 29.4 Å². The number of halogens is 2. The molecule has 2 aromatic rings. The standard InChI is InChI=1S/C14H13F2N3O2S/c1-7-17-18-14(22-7)19-5-10(11(6-19)13(20)21)9-3-2-8(15)4-12(9)16/h2-4,10-11H,5-6H2,1H3,(H,20,21)/t10-,11+/m1/s1. The Bertz CT molecular complexity index is 722. The summed E-state index contributed by atoms with van der Waals surface area (Å²) in [6.45, 7) is 2.35. The van der Waals surface area contributed by atoms with E-state index in [1.165, 1.54) is 17.4 Å². The maximum atomic E-state index is 14.0. The zero-order valence-corrected chi connectivity index (χ0v) is 12.5. The molecule has 1 saturated heterocycles. The molecule has 0 spiro atoms. The van der Waals surface area contributed by atoms with Crippen LogP contribution in [0.5, 0.6) is 0 Å². The molecule has 3 rings (SSSR count). The first-order valence-electron chi connectivity index (χ1n) is 6.68. The van der Waals surface area contributed by atoms with Crippen LogP contribution in [0.1, 0.15) is 16.5 Å². The van der Waals surface area contributed by atoms with Gasteiger partial charge >= 0.3 is 5.97 Å². The van der Waals surface area contributed by atoms with Gasteiger partial charge in [0.15, 0.2) is 0 Å². The lowest BCUT2D eigenvalue weighted by Crippen LogP contribution is -2.23. The number of nitrogens with zero attached hydrogens (tertiary/aromatic N) is 3. The van der Waals surface area contributed by atoms with E-state index in [1.807, 2.05) is 6.92 Å². The molecule has 0 aliphatic carbocycles. The summed E-state index contributed by atoms with van der Waals surface area (Å²) in [5.74, 6) is -3.72. The summed E-state index contributed by atoms with van der Waals surface area (Å²) in [6, 6.07) is 3.25. The molecule has 0 bridgehead atoms. The minimum Gasteiger partial charge on any atom is -0.481 e. The summed E-state index contributed by atoms with van der Waals surface area (Å²) in [7, 11) is 0. The number of anilines is 1. The average Bonchev–Trinajstić information content (AvgIpc) is 3.05. The van der Waals surface area contributed by atoms with Crippen LogP contribution in [0, 0.1) is 24.5 Å². The van der Waals surface area contributed by atoms with Crippen molar-refractivity contribution in [3.63, 3.8) is 0 Å². The summed E-state index contributed by atoms with van der Waals surface area (Å²) in [5.41, 5.74) is 0.220. The summed E-state index contributed by atoms with van der Waals surface area (Å²) in [4.78, 5) is 13.3. The predicted molar refractivity (Wildman–Crippen MR) is 77.1 cm³/mol. The molecule has 1 aliphatic rings. The summed E-state index contributed by atoms with van der Waals surface area (Å²) >= 11 is 1.36. The molecule has 1 N–H and O–H groups in total. The number of hydrogen-bond acceptors (Lipinski definition) is 5. The second-order valence-corrected chi connectivity index (χ2v) is 6.39. The summed E-state index contributed by atoms with van der Waals surface area (Å²) in [5, 5.41) is 18.7. The van der Waals surface area contributed by atoms with Crippen LogP contribution in [-0.4, -0.2) is 34.4 Å². The fourth-order valence-corrected chi connectivity index (χ4v) is 3.45. The number of aromatic nitrogens is 2. The number of benzene rings is 1. The number of aliphatic carboxylic acids is 1. The zero-order valence-electron chi connectivity index (χ0n) is 11.7. The number of carbonyl (C=O) groups is 1. The third-order valence-corrected chi connectivity index (χ3v) is 4.68. The third kappa shape index (κ3) is 2.66.